The van der Waals surface area contributed by atoms with Crippen molar-refractivity contribution < 1.29 is 9.59 Å². The SMILES string of the molecule is CCN(CC)C(=O)C(=O)N(C)c1ccccc1. The summed E-state index contributed by atoms with van der Waals surface area (Å²) in [6.07, 6.45) is 0. The van der Waals surface area contributed by atoms with E-state index in [-0.39, 0.29) is 0 Å². The molecule has 0 aliphatic carbocycles. The van der Waals surface area contributed by atoms with Crippen molar-refractivity contribution in [1.29, 1.82) is 0 Å². The Bertz CT molecular complexity index is 386. The molecule has 2 amide bonds. The molecule has 0 bridgehead atoms. The smallest absolute Gasteiger partial charge is 0.316 e. The van der Waals surface area contributed by atoms with Crippen LogP contribution in [0, 0.1) is 0 Å². The Morgan fingerprint density at radius 2 is 1.53 bits per heavy atom. The number of nitrogens with zero attached hydrogens (tertiary/aromatic N) is 2. The number of benzene rings is 1. The van der Waals surface area contributed by atoms with Gasteiger partial charge < -0.3 is 9.80 Å². The highest BCUT2D eigenvalue weighted by molar-refractivity contribution is 6.40. The summed E-state index contributed by atoms with van der Waals surface area (Å²) >= 11 is 0. The maximum atomic E-state index is 11.9. The average Bonchev–Trinajstić information content (AvgIpc) is 2.39. The van der Waals surface area contributed by atoms with E-state index in [1.54, 1.807) is 19.2 Å². The summed E-state index contributed by atoms with van der Waals surface area (Å²) in [5, 5.41) is 0. The van der Waals surface area contributed by atoms with Gasteiger partial charge >= 0.3 is 11.8 Å². The van der Waals surface area contributed by atoms with Crippen molar-refractivity contribution in [2.24, 2.45) is 0 Å². The zero-order chi connectivity index (χ0) is 12.8. The minimum atomic E-state index is -0.500. The fraction of sp³-hybridized carbons (Fsp3) is 0.385. The molecule has 1 rings (SSSR count). The van der Waals surface area contributed by atoms with E-state index in [1.165, 1.54) is 9.80 Å². The van der Waals surface area contributed by atoms with Crippen LogP contribution in [0.15, 0.2) is 30.3 Å². The van der Waals surface area contributed by atoms with Gasteiger partial charge in [0.25, 0.3) is 0 Å². The molecule has 0 aromatic heterocycles. The molecule has 0 saturated carbocycles. The highest BCUT2D eigenvalue weighted by Crippen LogP contribution is 2.11. The molecule has 0 saturated heterocycles. The predicted molar refractivity (Wildman–Crippen MR) is 67.8 cm³/mol. The minimum Gasteiger partial charge on any atom is -0.335 e. The van der Waals surface area contributed by atoms with Gasteiger partial charge in [-0.1, -0.05) is 18.2 Å². The second kappa shape index (κ2) is 6.03. The van der Waals surface area contributed by atoms with Crippen LogP contribution in [0.25, 0.3) is 0 Å². The van der Waals surface area contributed by atoms with E-state index < -0.39 is 11.8 Å². The molecular weight excluding hydrogens is 216 g/mol. The first-order valence-corrected chi connectivity index (χ1v) is 5.73. The summed E-state index contributed by atoms with van der Waals surface area (Å²) in [5.41, 5.74) is 0.720. The number of rotatable bonds is 3. The monoisotopic (exact) mass is 234 g/mol. The molecule has 0 N–H and O–H groups in total. The van der Waals surface area contributed by atoms with Gasteiger partial charge in [-0.3, -0.25) is 9.59 Å². The molecule has 17 heavy (non-hydrogen) atoms. The number of likely N-dealkylation sites (N-methyl/N-ethyl adjacent to an activating group) is 2. The van der Waals surface area contributed by atoms with Gasteiger partial charge in [0, 0.05) is 25.8 Å². The van der Waals surface area contributed by atoms with E-state index in [2.05, 4.69) is 0 Å². The third-order valence-corrected chi connectivity index (χ3v) is 2.68. The minimum absolute atomic E-state index is 0.457. The van der Waals surface area contributed by atoms with Crippen LogP contribution in [0.1, 0.15) is 13.8 Å². The van der Waals surface area contributed by atoms with Crippen LogP contribution in [0.2, 0.25) is 0 Å². The Labute approximate surface area is 102 Å². The molecule has 0 unspecified atom stereocenters. The van der Waals surface area contributed by atoms with Crippen molar-refractivity contribution in [2.45, 2.75) is 13.8 Å². The van der Waals surface area contributed by atoms with E-state index in [1.807, 2.05) is 32.0 Å². The van der Waals surface area contributed by atoms with Crippen molar-refractivity contribution in [2.75, 3.05) is 25.0 Å². The number of carbonyl (C=O) groups is 2. The molecule has 1 aromatic carbocycles. The number of amides is 2. The first-order valence-electron chi connectivity index (χ1n) is 5.73. The molecule has 4 nitrogen and oxygen atoms in total. The lowest BCUT2D eigenvalue weighted by atomic mass is 10.3. The summed E-state index contributed by atoms with van der Waals surface area (Å²) in [4.78, 5) is 26.7. The highest BCUT2D eigenvalue weighted by Gasteiger charge is 2.23. The Balaban J connectivity index is 2.80. The van der Waals surface area contributed by atoms with Crippen LogP contribution in [-0.4, -0.2) is 36.9 Å². The van der Waals surface area contributed by atoms with Gasteiger partial charge in [0.05, 0.1) is 0 Å². The standard InChI is InChI=1S/C13H18N2O2/c1-4-15(5-2)13(17)12(16)14(3)11-9-7-6-8-10-11/h6-10H,4-5H2,1-3H3. The van der Waals surface area contributed by atoms with Gasteiger partial charge in [0.1, 0.15) is 0 Å². The fourth-order valence-electron chi connectivity index (χ4n) is 1.56. The summed E-state index contributed by atoms with van der Waals surface area (Å²) in [5.74, 6) is -0.957. The van der Waals surface area contributed by atoms with Gasteiger partial charge in [0.15, 0.2) is 0 Å². The molecule has 0 radical (unpaired) electrons. The molecular formula is C13H18N2O2. The Kier molecular flexibility index (Phi) is 4.69. The van der Waals surface area contributed by atoms with Crippen LogP contribution >= 0.6 is 0 Å². The van der Waals surface area contributed by atoms with Crippen LogP contribution in [0.5, 0.6) is 0 Å². The van der Waals surface area contributed by atoms with E-state index in [0.29, 0.717) is 13.1 Å². The molecule has 4 heteroatoms. The molecule has 0 fully saturated rings. The lowest BCUT2D eigenvalue weighted by Gasteiger charge is -2.22. The summed E-state index contributed by atoms with van der Waals surface area (Å²) in [7, 11) is 1.61. The van der Waals surface area contributed by atoms with Crippen molar-refractivity contribution >= 4 is 17.5 Å². The lowest BCUT2D eigenvalue weighted by Crippen LogP contribution is -2.43. The van der Waals surface area contributed by atoms with E-state index in [4.69, 9.17) is 0 Å². The fourth-order valence-corrected chi connectivity index (χ4v) is 1.56. The van der Waals surface area contributed by atoms with Crippen molar-refractivity contribution in [3.63, 3.8) is 0 Å². The largest absolute Gasteiger partial charge is 0.335 e. The Morgan fingerprint density at radius 3 is 2.00 bits per heavy atom. The molecule has 0 aliphatic rings. The number of anilines is 1. The quantitative estimate of drug-likeness (QED) is 0.744. The maximum Gasteiger partial charge on any atom is 0.316 e. The molecule has 0 atom stereocenters. The summed E-state index contributed by atoms with van der Waals surface area (Å²) in [6, 6.07) is 9.14. The summed E-state index contributed by atoms with van der Waals surface area (Å²) < 4.78 is 0. The second-order valence-corrected chi connectivity index (χ2v) is 3.68. The predicted octanol–water partition coefficient (Wildman–Crippen LogP) is 1.52. The van der Waals surface area contributed by atoms with Crippen molar-refractivity contribution in [1.82, 2.24) is 4.90 Å². The average molecular weight is 234 g/mol. The zero-order valence-corrected chi connectivity index (χ0v) is 10.5. The number of carbonyl (C=O) groups excluding carboxylic acids is 2. The summed E-state index contributed by atoms with van der Waals surface area (Å²) in [6.45, 7) is 4.81. The van der Waals surface area contributed by atoms with Gasteiger partial charge in [-0.25, -0.2) is 0 Å². The zero-order valence-electron chi connectivity index (χ0n) is 10.5. The van der Waals surface area contributed by atoms with Gasteiger partial charge in [-0.2, -0.15) is 0 Å². The molecule has 0 aliphatic heterocycles. The van der Waals surface area contributed by atoms with Crippen LogP contribution in [-0.2, 0) is 9.59 Å². The van der Waals surface area contributed by atoms with Gasteiger partial charge in [-0.15, -0.1) is 0 Å². The molecule has 0 spiro atoms. The lowest BCUT2D eigenvalue weighted by molar-refractivity contribution is -0.144. The third kappa shape index (κ3) is 3.06. The Hall–Kier alpha value is -1.84. The normalized spacial score (nSPS) is 9.82. The topological polar surface area (TPSA) is 40.6 Å². The third-order valence-electron chi connectivity index (χ3n) is 2.68. The number of hydrogen-bond donors (Lipinski definition) is 0. The maximum absolute atomic E-state index is 11.9. The van der Waals surface area contributed by atoms with E-state index >= 15 is 0 Å². The van der Waals surface area contributed by atoms with Crippen molar-refractivity contribution in [3.8, 4) is 0 Å². The molecule has 1 aromatic rings. The first kappa shape index (κ1) is 13.2. The van der Waals surface area contributed by atoms with Crippen LogP contribution < -0.4 is 4.90 Å². The van der Waals surface area contributed by atoms with E-state index in [0.717, 1.165) is 5.69 Å². The molecule has 0 heterocycles. The van der Waals surface area contributed by atoms with Crippen LogP contribution in [0.4, 0.5) is 5.69 Å². The molecule has 92 valence electrons. The Morgan fingerprint density at radius 1 is 1.00 bits per heavy atom. The number of para-hydroxylation sites is 1. The second-order valence-electron chi connectivity index (χ2n) is 3.68. The van der Waals surface area contributed by atoms with Crippen LogP contribution in [0.3, 0.4) is 0 Å². The van der Waals surface area contributed by atoms with Gasteiger partial charge in [-0.05, 0) is 26.0 Å². The van der Waals surface area contributed by atoms with E-state index in [9.17, 15) is 9.59 Å². The van der Waals surface area contributed by atoms with Crippen molar-refractivity contribution in [3.05, 3.63) is 30.3 Å². The van der Waals surface area contributed by atoms with Gasteiger partial charge in [0.2, 0.25) is 0 Å². The first-order chi connectivity index (χ1) is 8.11. The highest BCUT2D eigenvalue weighted by atomic mass is 16.2. The number of hydrogen-bond acceptors (Lipinski definition) is 2.